The van der Waals surface area contributed by atoms with Gasteiger partial charge in [0.25, 0.3) is 5.91 Å². The maximum atomic E-state index is 12.5. The third-order valence-electron chi connectivity index (χ3n) is 4.08. The minimum absolute atomic E-state index is 0.0250. The summed E-state index contributed by atoms with van der Waals surface area (Å²) in [4.78, 5) is 31.0. The molecule has 3 heterocycles. The van der Waals surface area contributed by atoms with Gasteiger partial charge in [0, 0.05) is 26.3 Å². The molecular weight excluding hydrogens is 272 g/mol. The molecule has 21 heavy (non-hydrogen) atoms. The van der Waals surface area contributed by atoms with Crippen molar-refractivity contribution in [3.05, 3.63) is 23.5 Å². The number of nitrogens with zero attached hydrogens (tertiary/aromatic N) is 3. The van der Waals surface area contributed by atoms with Gasteiger partial charge in [-0.15, -0.1) is 0 Å². The van der Waals surface area contributed by atoms with E-state index in [1.807, 2.05) is 6.07 Å². The van der Waals surface area contributed by atoms with Gasteiger partial charge in [-0.05, 0) is 6.07 Å². The second kappa shape index (κ2) is 5.22. The van der Waals surface area contributed by atoms with Gasteiger partial charge in [-0.2, -0.15) is 5.26 Å². The maximum Gasteiger partial charge on any atom is 0.270 e. The highest BCUT2D eigenvalue weighted by Gasteiger charge is 2.39. The van der Waals surface area contributed by atoms with Crippen molar-refractivity contribution < 1.29 is 14.3 Å². The van der Waals surface area contributed by atoms with E-state index < -0.39 is 0 Å². The van der Waals surface area contributed by atoms with Crippen molar-refractivity contribution in [1.82, 2.24) is 14.8 Å². The number of rotatable bonds is 1. The molecular formula is C14H16N4O3. The number of hydrogen-bond donors (Lipinski definition) is 1. The number of fused-ring (bicyclic) bond motifs is 3. The molecule has 2 aliphatic heterocycles. The van der Waals surface area contributed by atoms with Crippen LogP contribution in [0.1, 0.15) is 16.1 Å². The van der Waals surface area contributed by atoms with Crippen LogP contribution in [-0.4, -0.2) is 66.0 Å². The fourth-order valence-electron chi connectivity index (χ4n) is 2.82. The highest BCUT2D eigenvalue weighted by atomic mass is 16.5. The van der Waals surface area contributed by atoms with Gasteiger partial charge in [-0.3, -0.25) is 9.59 Å². The molecule has 7 heteroatoms. The van der Waals surface area contributed by atoms with Crippen LogP contribution < -0.4 is 0 Å². The molecule has 3 rings (SSSR count). The fraction of sp³-hybridized carbons (Fsp3) is 0.500. The molecule has 110 valence electrons. The van der Waals surface area contributed by atoms with Crippen LogP contribution in [0.5, 0.6) is 0 Å². The van der Waals surface area contributed by atoms with Crippen LogP contribution in [0.4, 0.5) is 0 Å². The van der Waals surface area contributed by atoms with Gasteiger partial charge in [-0.25, -0.2) is 0 Å². The average molecular weight is 288 g/mol. The molecule has 2 aliphatic rings. The van der Waals surface area contributed by atoms with Crippen LogP contribution in [0.15, 0.2) is 12.3 Å². The van der Waals surface area contributed by atoms with Crippen LogP contribution >= 0.6 is 0 Å². The Morgan fingerprint density at radius 2 is 2.29 bits per heavy atom. The molecule has 2 saturated heterocycles. The summed E-state index contributed by atoms with van der Waals surface area (Å²) in [5, 5.41) is 8.83. The highest BCUT2D eigenvalue weighted by molar-refractivity contribution is 5.93. The molecule has 0 radical (unpaired) electrons. The SMILES string of the molecule is CN1C(=O)[C@H]2COC[C@@H]1CN(C(=O)c1cc(C#N)c[nH]1)C2. The summed E-state index contributed by atoms with van der Waals surface area (Å²) in [7, 11) is 1.76. The first-order chi connectivity index (χ1) is 10.1. The summed E-state index contributed by atoms with van der Waals surface area (Å²) in [6, 6.07) is 3.39. The van der Waals surface area contributed by atoms with E-state index >= 15 is 0 Å². The van der Waals surface area contributed by atoms with Gasteiger partial charge < -0.3 is 19.5 Å². The van der Waals surface area contributed by atoms with E-state index in [-0.39, 0.29) is 23.8 Å². The van der Waals surface area contributed by atoms with E-state index in [0.29, 0.717) is 37.6 Å². The number of hydrogen-bond acceptors (Lipinski definition) is 4. The topological polar surface area (TPSA) is 89.4 Å². The van der Waals surface area contributed by atoms with Crippen molar-refractivity contribution in [2.75, 3.05) is 33.4 Å². The first kappa shape index (κ1) is 13.6. The summed E-state index contributed by atoms with van der Waals surface area (Å²) >= 11 is 0. The predicted octanol–water partition coefficient (Wildman–Crippen LogP) is -0.184. The quantitative estimate of drug-likeness (QED) is 0.776. The molecule has 2 bridgehead atoms. The van der Waals surface area contributed by atoms with E-state index in [1.165, 1.54) is 12.3 Å². The molecule has 1 aromatic rings. The second-order valence-electron chi connectivity index (χ2n) is 5.46. The van der Waals surface area contributed by atoms with Crippen molar-refractivity contribution in [2.45, 2.75) is 6.04 Å². The van der Waals surface area contributed by atoms with Gasteiger partial charge >= 0.3 is 0 Å². The number of likely N-dealkylation sites (N-methyl/N-ethyl adjacent to an activating group) is 1. The Morgan fingerprint density at radius 1 is 1.48 bits per heavy atom. The Morgan fingerprint density at radius 3 is 3.00 bits per heavy atom. The van der Waals surface area contributed by atoms with Gasteiger partial charge in [0.1, 0.15) is 11.8 Å². The number of ether oxygens (including phenoxy) is 1. The molecule has 0 aromatic carbocycles. The molecule has 2 amide bonds. The lowest BCUT2D eigenvalue weighted by Gasteiger charge is -2.29. The van der Waals surface area contributed by atoms with E-state index in [4.69, 9.17) is 10.00 Å². The predicted molar refractivity (Wildman–Crippen MR) is 72.3 cm³/mol. The van der Waals surface area contributed by atoms with E-state index in [9.17, 15) is 9.59 Å². The van der Waals surface area contributed by atoms with E-state index in [0.717, 1.165) is 0 Å². The zero-order valence-corrected chi connectivity index (χ0v) is 11.7. The van der Waals surface area contributed by atoms with Gasteiger partial charge in [0.05, 0.1) is 30.7 Å². The molecule has 1 aromatic heterocycles. The van der Waals surface area contributed by atoms with Gasteiger partial charge in [0.2, 0.25) is 5.91 Å². The smallest absolute Gasteiger partial charge is 0.270 e. The fourth-order valence-corrected chi connectivity index (χ4v) is 2.82. The average Bonchev–Trinajstić information content (AvgIpc) is 2.86. The largest absolute Gasteiger partial charge is 0.378 e. The van der Waals surface area contributed by atoms with Crippen molar-refractivity contribution >= 4 is 11.8 Å². The molecule has 7 nitrogen and oxygen atoms in total. The molecule has 0 aliphatic carbocycles. The van der Waals surface area contributed by atoms with Crippen LogP contribution in [-0.2, 0) is 9.53 Å². The third-order valence-corrected chi connectivity index (χ3v) is 4.08. The second-order valence-corrected chi connectivity index (χ2v) is 5.46. The number of aromatic amines is 1. The lowest BCUT2D eigenvalue weighted by atomic mass is 10.1. The standard InChI is InChI=1S/C14H16N4O3/c1-17-11-6-18(5-10(13(17)19)7-21-8-11)14(20)12-2-9(3-15)4-16-12/h2,4,10-11,16H,5-8H2,1H3/t10-,11+/m1/s1. The Labute approximate surface area is 122 Å². The number of carbonyl (C=O) groups excluding carboxylic acids is 2. The number of nitrogens with one attached hydrogen (secondary N) is 1. The van der Waals surface area contributed by atoms with E-state index in [2.05, 4.69) is 4.98 Å². The molecule has 2 atom stereocenters. The zero-order valence-electron chi connectivity index (χ0n) is 11.7. The van der Waals surface area contributed by atoms with E-state index in [1.54, 1.807) is 16.8 Å². The third kappa shape index (κ3) is 2.38. The van der Waals surface area contributed by atoms with Crippen LogP contribution in [0, 0.1) is 17.2 Å². The van der Waals surface area contributed by atoms with Crippen LogP contribution in [0.25, 0.3) is 0 Å². The number of carbonyl (C=O) groups is 2. The van der Waals surface area contributed by atoms with Crippen LogP contribution in [0.3, 0.4) is 0 Å². The normalized spacial score (nSPS) is 25.4. The maximum absolute atomic E-state index is 12.5. The van der Waals surface area contributed by atoms with Crippen molar-refractivity contribution in [1.29, 1.82) is 5.26 Å². The number of nitriles is 1. The van der Waals surface area contributed by atoms with Gasteiger partial charge in [-0.1, -0.05) is 0 Å². The van der Waals surface area contributed by atoms with Gasteiger partial charge in [0.15, 0.2) is 0 Å². The molecule has 0 unspecified atom stereocenters. The summed E-state index contributed by atoms with van der Waals surface area (Å²) in [6.07, 6.45) is 1.51. The highest BCUT2D eigenvalue weighted by Crippen LogP contribution is 2.21. The molecule has 1 N–H and O–H groups in total. The Kier molecular flexibility index (Phi) is 3.39. The van der Waals surface area contributed by atoms with Crippen molar-refractivity contribution in [2.24, 2.45) is 5.92 Å². The summed E-state index contributed by atoms with van der Waals surface area (Å²) in [5.74, 6) is -0.481. The van der Waals surface area contributed by atoms with Crippen molar-refractivity contribution in [3.63, 3.8) is 0 Å². The molecule has 2 fully saturated rings. The summed E-state index contributed by atoms with van der Waals surface area (Å²) in [6.45, 7) is 1.58. The molecule has 0 spiro atoms. The number of aromatic nitrogens is 1. The number of H-pyrrole nitrogens is 1. The summed E-state index contributed by atoms with van der Waals surface area (Å²) in [5.41, 5.74) is 0.799. The van der Waals surface area contributed by atoms with Crippen LogP contribution in [0.2, 0.25) is 0 Å². The Balaban J connectivity index is 1.84. The summed E-state index contributed by atoms with van der Waals surface area (Å²) < 4.78 is 5.51. The lowest BCUT2D eigenvalue weighted by molar-refractivity contribution is -0.133. The first-order valence-corrected chi connectivity index (χ1v) is 6.82. The first-order valence-electron chi connectivity index (χ1n) is 6.82. The van der Waals surface area contributed by atoms with Crippen molar-refractivity contribution in [3.8, 4) is 6.07 Å². The number of amides is 2. The Hall–Kier alpha value is -2.33. The lowest BCUT2D eigenvalue weighted by Crippen LogP contribution is -2.45. The monoisotopic (exact) mass is 288 g/mol. The minimum Gasteiger partial charge on any atom is -0.378 e. The Bertz CT molecular complexity index is 618. The molecule has 0 saturated carbocycles. The zero-order chi connectivity index (χ0) is 15.0. The minimum atomic E-state index is -0.322.